The second-order valence-electron chi connectivity index (χ2n) is 10.1. The third-order valence-corrected chi connectivity index (χ3v) is 7.75. The predicted molar refractivity (Wildman–Crippen MR) is 143 cm³/mol. The number of hydrogen-bond donors (Lipinski definition) is 4. The number of nitrogens with one attached hydrogen (secondary N) is 3. The predicted octanol–water partition coefficient (Wildman–Crippen LogP) is 2.07. The zero-order chi connectivity index (χ0) is 27.5. The summed E-state index contributed by atoms with van der Waals surface area (Å²) < 4.78 is 5.43. The summed E-state index contributed by atoms with van der Waals surface area (Å²) in [6.45, 7) is 0.843. The molecule has 2 aliphatic heterocycles. The number of carbonyl (C=O) groups is 3. The molecule has 2 saturated heterocycles. The van der Waals surface area contributed by atoms with Crippen LogP contribution < -0.4 is 15.4 Å². The third kappa shape index (κ3) is 5.31. The summed E-state index contributed by atoms with van der Waals surface area (Å²) in [5, 5.41) is 26.0. The number of aliphatic hydroxyl groups is 1. The van der Waals surface area contributed by atoms with Crippen LogP contribution in [0.15, 0.2) is 54.6 Å². The van der Waals surface area contributed by atoms with Crippen LogP contribution in [-0.4, -0.2) is 71.1 Å². The van der Waals surface area contributed by atoms with Gasteiger partial charge in [-0.1, -0.05) is 36.4 Å². The number of hydrogen-bond acceptors (Lipinski definition) is 6. The number of rotatable bonds is 8. The van der Waals surface area contributed by atoms with E-state index in [1.54, 1.807) is 24.1 Å². The molecule has 2 unspecified atom stereocenters. The van der Waals surface area contributed by atoms with Gasteiger partial charge in [0.2, 0.25) is 11.8 Å². The number of methoxy groups -OCH3 is 1. The summed E-state index contributed by atoms with van der Waals surface area (Å²) in [6.07, 6.45) is -0.405. The summed E-state index contributed by atoms with van der Waals surface area (Å²) in [6, 6.07) is 16.9. The van der Waals surface area contributed by atoms with Gasteiger partial charge in [0, 0.05) is 35.8 Å². The third-order valence-electron chi connectivity index (χ3n) is 7.75. The van der Waals surface area contributed by atoms with Crippen molar-refractivity contribution in [2.24, 2.45) is 5.92 Å². The van der Waals surface area contributed by atoms with E-state index in [0.29, 0.717) is 37.4 Å². The Labute approximate surface area is 225 Å². The van der Waals surface area contributed by atoms with Gasteiger partial charge in [0.25, 0.3) is 5.91 Å². The van der Waals surface area contributed by atoms with E-state index < -0.39 is 30.0 Å². The minimum absolute atomic E-state index is 0.0789. The van der Waals surface area contributed by atoms with Gasteiger partial charge in [-0.3, -0.25) is 14.4 Å². The fourth-order valence-corrected chi connectivity index (χ4v) is 5.66. The Bertz CT molecular complexity index is 1410. The van der Waals surface area contributed by atoms with Crippen LogP contribution in [-0.2, 0) is 9.59 Å². The van der Waals surface area contributed by atoms with Crippen molar-refractivity contribution in [1.29, 1.82) is 5.26 Å². The fraction of sp³-hybridized carbons (Fsp3) is 0.379. The number of likely N-dealkylation sites (tertiary alicyclic amines) is 1. The molecule has 2 aromatic carbocycles. The van der Waals surface area contributed by atoms with Crippen LogP contribution >= 0.6 is 0 Å². The van der Waals surface area contributed by atoms with Crippen molar-refractivity contribution < 1.29 is 24.2 Å². The molecule has 0 spiro atoms. The molecule has 39 heavy (non-hydrogen) atoms. The van der Waals surface area contributed by atoms with E-state index in [1.807, 2.05) is 48.5 Å². The van der Waals surface area contributed by atoms with Crippen molar-refractivity contribution in [3.05, 3.63) is 65.9 Å². The van der Waals surface area contributed by atoms with E-state index >= 15 is 0 Å². The van der Waals surface area contributed by atoms with Gasteiger partial charge in [-0.25, -0.2) is 0 Å². The van der Waals surface area contributed by atoms with E-state index in [4.69, 9.17) is 4.74 Å². The molecule has 5 rings (SSSR count). The lowest BCUT2D eigenvalue weighted by atomic mass is 9.94. The van der Waals surface area contributed by atoms with Gasteiger partial charge >= 0.3 is 0 Å². The normalized spacial score (nSPS) is 22.2. The van der Waals surface area contributed by atoms with Crippen molar-refractivity contribution >= 4 is 28.6 Å². The van der Waals surface area contributed by atoms with Gasteiger partial charge in [0.15, 0.2) is 6.10 Å². The summed E-state index contributed by atoms with van der Waals surface area (Å²) in [5.74, 6) is -0.810. The number of aromatic amines is 1. The first-order valence-electron chi connectivity index (χ1n) is 13.1. The molecule has 202 valence electrons. The van der Waals surface area contributed by atoms with E-state index in [0.717, 1.165) is 16.5 Å². The number of carbonyl (C=O) groups excluding carboxylic acids is 3. The van der Waals surface area contributed by atoms with Crippen molar-refractivity contribution in [3.63, 3.8) is 0 Å². The number of nitrogens with zero attached hydrogens (tertiary/aromatic N) is 2. The molecule has 5 atom stereocenters. The number of aromatic nitrogens is 1. The first-order chi connectivity index (χ1) is 18.9. The van der Waals surface area contributed by atoms with Gasteiger partial charge in [0.1, 0.15) is 17.5 Å². The number of amides is 3. The molecular weight excluding hydrogens is 498 g/mol. The smallest absolute Gasteiger partial charge is 0.271 e. The van der Waals surface area contributed by atoms with Crippen LogP contribution in [0.5, 0.6) is 5.75 Å². The lowest BCUT2D eigenvalue weighted by Crippen LogP contribution is -2.52. The quantitative estimate of drug-likeness (QED) is 0.329. The highest BCUT2D eigenvalue weighted by Crippen LogP contribution is 2.34. The molecule has 3 aromatic rings. The van der Waals surface area contributed by atoms with Crippen molar-refractivity contribution in [3.8, 4) is 11.8 Å². The molecule has 0 bridgehead atoms. The Morgan fingerprint density at radius 3 is 2.72 bits per heavy atom. The summed E-state index contributed by atoms with van der Waals surface area (Å²) in [5.41, 5.74) is 2.09. The molecule has 3 amide bonds. The van der Waals surface area contributed by atoms with Crippen LogP contribution in [0.2, 0.25) is 0 Å². The lowest BCUT2D eigenvalue weighted by molar-refractivity contribution is -0.127. The Morgan fingerprint density at radius 1 is 1.23 bits per heavy atom. The first-order valence-corrected chi connectivity index (χ1v) is 13.1. The summed E-state index contributed by atoms with van der Waals surface area (Å²) in [4.78, 5) is 44.3. The maximum Gasteiger partial charge on any atom is 0.271 e. The van der Waals surface area contributed by atoms with Crippen molar-refractivity contribution in [2.45, 2.75) is 43.4 Å². The van der Waals surface area contributed by atoms with Crippen LogP contribution in [0.3, 0.4) is 0 Å². The first kappa shape index (κ1) is 26.3. The topological polar surface area (TPSA) is 148 Å². The minimum atomic E-state index is -1.49. The second kappa shape index (κ2) is 11.2. The molecule has 0 radical (unpaired) electrons. The Hall–Kier alpha value is -4.36. The number of ether oxygens (including phenoxy) is 1. The maximum atomic E-state index is 13.8. The van der Waals surface area contributed by atoms with Crippen molar-refractivity contribution in [1.82, 2.24) is 20.5 Å². The molecule has 10 nitrogen and oxygen atoms in total. The Kier molecular flexibility index (Phi) is 7.52. The van der Waals surface area contributed by atoms with E-state index in [1.165, 1.54) is 0 Å². The molecule has 3 heterocycles. The zero-order valence-electron chi connectivity index (χ0n) is 21.6. The molecule has 0 aliphatic carbocycles. The second-order valence-corrected chi connectivity index (χ2v) is 10.1. The van der Waals surface area contributed by atoms with Crippen LogP contribution in [0.4, 0.5) is 0 Å². The van der Waals surface area contributed by atoms with E-state index in [-0.39, 0.29) is 24.2 Å². The Balaban J connectivity index is 1.42. The highest BCUT2D eigenvalue weighted by atomic mass is 16.5. The van der Waals surface area contributed by atoms with Gasteiger partial charge in [-0.05, 0) is 43.0 Å². The molecule has 2 fully saturated rings. The van der Waals surface area contributed by atoms with E-state index in [9.17, 15) is 24.8 Å². The molecule has 10 heteroatoms. The number of benzene rings is 2. The standard InChI is InChI=1S/C29H31N5O5/c1-39-26-9-5-8-21-20(26)14-23(32-21)29(38)34-16-19(17-6-3-2-4-7-17)13-24(34)28(37)33-22(25(35)15-30)12-18-10-11-31-27(18)36/h2-9,14,18-19,22,24-25,32,35H,10-13,16H2,1H3,(H,31,36)(H,33,37)/t18-,19+,22-,24?,25?/m0/s1. The Morgan fingerprint density at radius 2 is 2.03 bits per heavy atom. The van der Waals surface area contributed by atoms with Crippen LogP contribution in [0.1, 0.15) is 41.2 Å². The molecule has 0 saturated carbocycles. The molecule has 4 N–H and O–H groups in total. The average Bonchev–Trinajstić information content (AvgIpc) is 3.70. The van der Waals surface area contributed by atoms with Crippen molar-refractivity contribution in [2.75, 3.05) is 20.2 Å². The molecular formula is C29H31N5O5. The van der Waals surface area contributed by atoms with Gasteiger partial charge in [-0.2, -0.15) is 5.26 Å². The SMILES string of the molecule is COc1cccc2[nH]c(C(=O)N3C[C@H](c4ccccc4)CC3C(=O)N[C@@H](C[C@@H]3CCNC3=O)C(O)C#N)cc12. The van der Waals surface area contributed by atoms with Crippen LogP contribution in [0, 0.1) is 17.2 Å². The van der Waals surface area contributed by atoms with Gasteiger partial charge in [0.05, 0.1) is 19.2 Å². The lowest BCUT2D eigenvalue weighted by Gasteiger charge is -2.27. The highest BCUT2D eigenvalue weighted by molar-refractivity contribution is 6.02. The zero-order valence-corrected chi connectivity index (χ0v) is 21.6. The number of H-pyrrole nitrogens is 1. The fourth-order valence-electron chi connectivity index (χ4n) is 5.66. The number of fused-ring (bicyclic) bond motifs is 1. The summed E-state index contributed by atoms with van der Waals surface area (Å²) in [7, 11) is 1.57. The maximum absolute atomic E-state index is 13.8. The number of nitriles is 1. The van der Waals surface area contributed by atoms with Crippen LogP contribution in [0.25, 0.3) is 10.9 Å². The molecule has 1 aromatic heterocycles. The highest BCUT2D eigenvalue weighted by Gasteiger charge is 2.42. The average molecular weight is 530 g/mol. The summed E-state index contributed by atoms with van der Waals surface area (Å²) >= 11 is 0. The minimum Gasteiger partial charge on any atom is -0.496 e. The van der Waals surface area contributed by atoms with E-state index in [2.05, 4.69) is 15.6 Å². The largest absolute Gasteiger partial charge is 0.496 e. The monoisotopic (exact) mass is 529 g/mol. The number of aliphatic hydroxyl groups excluding tert-OH is 1. The van der Waals surface area contributed by atoms with Gasteiger partial charge in [-0.15, -0.1) is 0 Å². The molecule has 2 aliphatic rings. The van der Waals surface area contributed by atoms with Gasteiger partial charge < -0.3 is 30.4 Å².